The van der Waals surface area contributed by atoms with Crippen molar-refractivity contribution in [1.29, 1.82) is 0 Å². The molecule has 1 aliphatic carbocycles. The molecule has 9 heteroatoms. The number of ether oxygens (including phenoxy) is 1. The third kappa shape index (κ3) is 8.68. The molecule has 0 unspecified atom stereocenters. The van der Waals surface area contributed by atoms with Gasteiger partial charge in [-0.2, -0.15) is 13.2 Å². The first-order valence-corrected chi connectivity index (χ1v) is 11.0. The lowest BCUT2D eigenvalue weighted by Gasteiger charge is -2.52. The number of amides is 1. The highest BCUT2D eigenvalue weighted by atomic mass is 19.4. The summed E-state index contributed by atoms with van der Waals surface area (Å²) < 4.78 is 37.0. The number of carboxylic acid groups (broad SMARTS) is 1. The van der Waals surface area contributed by atoms with Gasteiger partial charge in [-0.3, -0.25) is 0 Å². The maximum Gasteiger partial charge on any atom is 0.490 e. The van der Waals surface area contributed by atoms with Gasteiger partial charge in [0.05, 0.1) is 6.61 Å². The standard InChI is InChI=1S/C21H32N2O2.C2HF3O2/c1-17(2)16-25-20(24)22-19-14-21(15-19)9-12-23(13-10-21)11-8-18-6-4-3-5-7-18;3-2(4,5)1(6)7/h3-7,17,19H,8-16H2,1-2H3,(H,22,24);(H,6,7). The number of alkyl halides is 3. The molecule has 6 nitrogen and oxygen atoms in total. The molecule has 1 amide bonds. The molecule has 1 saturated carbocycles. The van der Waals surface area contributed by atoms with Gasteiger partial charge in [0.2, 0.25) is 0 Å². The van der Waals surface area contributed by atoms with Crippen molar-refractivity contribution >= 4 is 12.1 Å². The maximum atomic E-state index is 11.8. The molecule has 1 heterocycles. The molecule has 0 radical (unpaired) electrons. The van der Waals surface area contributed by atoms with E-state index < -0.39 is 12.1 Å². The van der Waals surface area contributed by atoms with Gasteiger partial charge >= 0.3 is 18.2 Å². The third-order valence-electron chi connectivity index (χ3n) is 5.95. The minimum Gasteiger partial charge on any atom is -0.475 e. The topological polar surface area (TPSA) is 78.9 Å². The number of benzene rings is 1. The average Bonchev–Trinajstić information content (AvgIpc) is 2.71. The zero-order valence-electron chi connectivity index (χ0n) is 18.7. The van der Waals surface area contributed by atoms with E-state index in [4.69, 9.17) is 14.6 Å². The van der Waals surface area contributed by atoms with Gasteiger partial charge < -0.3 is 20.1 Å². The van der Waals surface area contributed by atoms with E-state index in [0.717, 1.165) is 25.8 Å². The average molecular weight is 459 g/mol. The molecule has 1 aromatic carbocycles. The predicted octanol–water partition coefficient (Wildman–Crippen LogP) is 4.49. The van der Waals surface area contributed by atoms with Crippen LogP contribution >= 0.6 is 0 Å². The fourth-order valence-electron chi connectivity index (χ4n) is 4.13. The number of piperidine rings is 1. The van der Waals surface area contributed by atoms with Gasteiger partial charge in [-0.15, -0.1) is 0 Å². The van der Waals surface area contributed by atoms with E-state index >= 15 is 0 Å². The molecule has 180 valence electrons. The lowest BCUT2D eigenvalue weighted by atomic mass is 9.60. The summed E-state index contributed by atoms with van der Waals surface area (Å²) in [5.74, 6) is -2.37. The number of hydrogen-bond donors (Lipinski definition) is 2. The molecular formula is C23H33F3N2O4. The molecular weight excluding hydrogens is 425 g/mol. The van der Waals surface area contributed by atoms with Crippen molar-refractivity contribution in [2.75, 3.05) is 26.2 Å². The van der Waals surface area contributed by atoms with Crippen LogP contribution in [0.4, 0.5) is 18.0 Å². The summed E-state index contributed by atoms with van der Waals surface area (Å²) in [6, 6.07) is 11.1. The Balaban J connectivity index is 0.000000451. The van der Waals surface area contributed by atoms with E-state index in [2.05, 4.69) is 54.4 Å². The number of nitrogens with zero attached hydrogens (tertiary/aromatic N) is 1. The molecule has 1 aliphatic heterocycles. The highest BCUT2D eigenvalue weighted by Gasteiger charge is 2.46. The molecule has 2 N–H and O–H groups in total. The summed E-state index contributed by atoms with van der Waals surface area (Å²) in [5.41, 5.74) is 1.90. The molecule has 3 rings (SSSR count). The number of likely N-dealkylation sites (tertiary alicyclic amines) is 1. The highest BCUT2D eigenvalue weighted by molar-refractivity contribution is 5.73. The second kappa shape index (κ2) is 11.5. The largest absolute Gasteiger partial charge is 0.490 e. The van der Waals surface area contributed by atoms with Crippen LogP contribution in [0.15, 0.2) is 30.3 Å². The molecule has 2 fully saturated rings. The van der Waals surface area contributed by atoms with Crippen LogP contribution in [0.1, 0.15) is 45.1 Å². The second-order valence-electron chi connectivity index (χ2n) is 9.12. The Kier molecular flexibility index (Phi) is 9.36. The number of carbonyl (C=O) groups excluding carboxylic acids is 1. The molecule has 1 spiro atoms. The van der Waals surface area contributed by atoms with Crippen LogP contribution in [-0.4, -0.2) is 60.5 Å². The number of halogens is 3. The van der Waals surface area contributed by atoms with E-state index in [1.165, 1.54) is 31.5 Å². The van der Waals surface area contributed by atoms with Crippen molar-refractivity contribution in [3.05, 3.63) is 35.9 Å². The first kappa shape index (κ1) is 26.0. The second-order valence-corrected chi connectivity index (χ2v) is 9.12. The van der Waals surface area contributed by atoms with Crippen molar-refractivity contribution in [3.8, 4) is 0 Å². The van der Waals surface area contributed by atoms with Crippen LogP contribution in [0.25, 0.3) is 0 Å². The monoisotopic (exact) mass is 458 g/mol. The van der Waals surface area contributed by atoms with E-state index in [1.54, 1.807) is 0 Å². The van der Waals surface area contributed by atoms with Gasteiger partial charge in [-0.25, -0.2) is 9.59 Å². The zero-order valence-corrected chi connectivity index (χ0v) is 18.7. The lowest BCUT2D eigenvalue weighted by Crippen LogP contribution is -2.55. The minimum absolute atomic E-state index is 0.242. The van der Waals surface area contributed by atoms with E-state index in [9.17, 15) is 18.0 Å². The van der Waals surface area contributed by atoms with Gasteiger partial charge in [-0.05, 0) is 62.1 Å². The summed E-state index contributed by atoms with van der Waals surface area (Å²) in [4.78, 5) is 23.2. The van der Waals surface area contributed by atoms with Gasteiger partial charge in [0.15, 0.2) is 0 Å². The quantitative estimate of drug-likeness (QED) is 0.657. The van der Waals surface area contributed by atoms with E-state index in [1.807, 2.05) is 0 Å². The van der Waals surface area contributed by atoms with Crippen molar-refractivity contribution in [2.24, 2.45) is 11.3 Å². The molecule has 0 aromatic heterocycles. The summed E-state index contributed by atoms with van der Waals surface area (Å²) in [5, 5.41) is 10.2. The Morgan fingerprint density at radius 2 is 1.75 bits per heavy atom. The number of carbonyl (C=O) groups is 2. The van der Waals surface area contributed by atoms with Crippen LogP contribution in [0.5, 0.6) is 0 Å². The molecule has 32 heavy (non-hydrogen) atoms. The summed E-state index contributed by atoms with van der Waals surface area (Å²) in [6.07, 6.45) is 0.586. The molecule has 1 saturated heterocycles. The van der Waals surface area contributed by atoms with Crippen LogP contribution in [0.3, 0.4) is 0 Å². The predicted molar refractivity (Wildman–Crippen MR) is 114 cm³/mol. The Morgan fingerprint density at radius 3 is 2.25 bits per heavy atom. The van der Waals surface area contributed by atoms with E-state index in [-0.39, 0.29) is 6.09 Å². The number of alkyl carbamates (subject to hydrolysis) is 1. The van der Waals surface area contributed by atoms with Gasteiger partial charge in [0, 0.05) is 12.6 Å². The Morgan fingerprint density at radius 1 is 1.19 bits per heavy atom. The Labute approximate surface area is 187 Å². The van der Waals surface area contributed by atoms with Crippen LogP contribution in [0, 0.1) is 11.3 Å². The first-order chi connectivity index (χ1) is 15.0. The van der Waals surface area contributed by atoms with Crippen LogP contribution in [0.2, 0.25) is 0 Å². The molecule has 2 aliphatic rings. The zero-order chi connectivity index (χ0) is 23.8. The summed E-state index contributed by atoms with van der Waals surface area (Å²) >= 11 is 0. The Bertz CT molecular complexity index is 725. The fourth-order valence-corrected chi connectivity index (χ4v) is 4.13. The van der Waals surface area contributed by atoms with Crippen molar-refractivity contribution < 1.29 is 32.6 Å². The van der Waals surface area contributed by atoms with Crippen molar-refractivity contribution in [1.82, 2.24) is 10.2 Å². The van der Waals surface area contributed by atoms with Gasteiger partial charge in [0.25, 0.3) is 0 Å². The van der Waals surface area contributed by atoms with Crippen molar-refractivity contribution in [3.63, 3.8) is 0 Å². The lowest BCUT2D eigenvalue weighted by molar-refractivity contribution is -0.192. The summed E-state index contributed by atoms with van der Waals surface area (Å²) in [6.45, 7) is 8.15. The molecule has 0 atom stereocenters. The molecule has 0 bridgehead atoms. The SMILES string of the molecule is CC(C)COC(=O)NC1CC2(CCN(CCc3ccccc3)CC2)C1.O=C(O)C(F)(F)F. The fraction of sp³-hybridized carbons (Fsp3) is 0.652. The third-order valence-corrected chi connectivity index (χ3v) is 5.95. The minimum atomic E-state index is -5.08. The maximum absolute atomic E-state index is 11.8. The van der Waals surface area contributed by atoms with Crippen molar-refractivity contribution in [2.45, 2.75) is 58.2 Å². The first-order valence-electron chi connectivity index (χ1n) is 11.0. The summed E-state index contributed by atoms with van der Waals surface area (Å²) in [7, 11) is 0. The number of rotatable bonds is 6. The van der Waals surface area contributed by atoms with Crippen LogP contribution < -0.4 is 5.32 Å². The normalized spacial score (nSPS) is 18.4. The van der Waals surface area contributed by atoms with Crippen LogP contribution in [-0.2, 0) is 16.0 Å². The smallest absolute Gasteiger partial charge is 0.475 e. The number of hydrogen-bond acceptors (Lipinski definition) is 4. The number of aliphatic carboxylic acids is 1. The van der Waals surface area contributed by atoms with Gasteiger partial charge in [0.1, 0.15) is 0 Å². The number of carboxylic acids is 1. The van der Waals surface area contributed by atoms with Gasteiger partial charge in [-0.1, -0.05) is 44.2 Å². The number of nitrogens with one attached hydrogen (secondary N) is 1. The Hall–Kier alpha value is -2.29. The van der Waals surface area contributed by atoms with E-state index in [0.29, 0.717) is 24.0 Å². The molecule has 1 aromatic rings. The highest BCUT2D eigenvalue weighted by Crippen LogP contribution is 2.49.